The van der Waals surface area contributed by atoms with Gasteiger partial charge in [-0.3, -0.25) is 4.90 Å². The highest BCUT2D eigenvalue weighted by Gasteiger charge is 2.29. The van der Waals surface area contributed by atoms with Gasteiger partial charge in [0, 0.05) is 18.6 Å². The molecular formula is C17H27FN2. The average molecular weight is 278 g/mol. The lowest BCUT2D eigenvalue weighted by molar-refractivity contribution is 0.0771. The Morgan fingerprint density at radius 1 is 1.40 bits per heavy atom. The molecule has 3 unspecified atom stereocenters. The summed E-state index contributed by atoms with van der Waals surface area (Å²) in [7, 11) is 0. The molecule has 0 aliphatic carbocycles. The summed E-state index contributed by atoms with van der Waals surface area (Å²) in [6.07, 6.45) is 4.44. The second-order valence-corrected chi connectivity index (χ2v) is 6.07. The molecule has 3 atom stereocenters. The minimum Gasteiger partial charge on any atom is -0.329 e. The van der Waals surface area contributed by atoms with E-state index in [1.54, 1.807) is 12.1 Å². The van der Waals surface area contributed by atoms with Crippen LogP contribution < -0.4 is 5.73 Å². The van der Waals surface area contributed by atoms with E-state index in [4.69, 9.17) is 5.73 Å². The molecular weight excluding hydrogens is 251 g/mol. The molecule has 1 aliphatic heterocycles. The molecule has 1 heterocycles. The lowest BCUT2D eigenvalue weighted by atomic mass is 9.87. The number of nitrogens with zero attached hydrogens (tertiary/aromatic N) is 1. The van der Waals surface area contributed by atoms with Crippen molar-refractivity contribution in [1.82, 2.24) is 4.90 Å². The lowest BCUT2D eigenvalue weighted by Crippen LogP contribution is -2.51. The molecule has 0 amide bonds. The third kappa shape index (κ3) is 3.58. The van der Waals surface area contributed by atoms with Crippen molar-refractivity contribution in [2.24, 2.45) is 11.7 Å². The summed E-state index contributed by atoms with van der Waals surface area (Å²) in [4.78, 5) is 2.48. The Morgan fingerprint density at radius 3 is 2.80 bits per heavy atom. The van der Waals surface area contributed by atoms with E-state index in [2.05, 4.69) is 18.7 Å². The van der Waals surface area contributed by atoms with Crippen LogP contribution in [-0.4, -0.2) is 30.1 Å². The predicted octanol–water partition coefficient (Wildman–Crippen LogP) is 3.21. The minimum absolute atomic E-state index is 0.0907. The third-order valence-electron chi connectivity index (χ3n) is 4.76. The van der Waals surface area contributed by atoms with Gasteiger partial charge >= 0.3 is 0 Å². The standard InChI is InChI=1S/C17H27FN2/c1-3-14-8-9-20(16(11-14)12-19)13(2)10-15-6-4-5-7-17(15)18/h4-7,13-14,16H,3,8-12,19H2,1-2H3. The molecule has 2 nitrogen and oxygen atoms in total. The molecule has 1 aliphatic rings. The number of hydrogen-bond acceptors (Lipinski definition) is 2. The molecule has 0 bridgehead atoms. The van der Waals surface area contributed by atoms with Crippen LogP contribution in [-0.2, 0) is 6.42 Å². The summed E-state index contributed by atoms with van der Waals surface area (Å²) >= 11 is 0. The van der Waals surface area contributed by atoms with Gasteiger partial charge in [-0.25, -0.2) is 4.39 Å². The van der Waals surface area contributed by atoms with Gasteiger partial charge in [0.15, 0.2) is 0 Å². The first kappa shape index (κ1) is 15.5. The molecule has 1 fully saturated rings. The maximum Gasteiger partial charge on any atom is 0.126 e. The maximum absolute atomic E-state index is 13.8. The number of rotatable bonds is 5. The van der Waals surface area contributed by atoms with Crippen LogP contribution in [0.1, 0.15) is 38.7 Å². The van der Waals surface area contributed by atoms with Crippen molar-refractivity contribution >= 4 is 0 Å². The van der Waals surface area contributed by atoms with E-state index < -0.39 is 0 Å². The first-order valence-corrected chi connectivity index (χ1v) is 7.84. The van der Waals surface area contributed by atoms with Crippen LogP contribution in [0.4, 0.5) is 4.39 Å². The Morgan fingerprint density at radius 2 is 2.15 bits per heavy atom. The second-order valence-electron chi connectivity index (χ2n) is 6.07. The fraction of sp³-hybridized carbons (Fsp3) is 0.647. The van der Waals surface area contributed by atoms with Gasteiger partial charge in [0.05, 0.1) is 0 Å². The molecule has 20 heavy (non-hydrogen) atoms. The number of nitrogens with two attached hydrogens (primary N) is 1. The molecule has 2 rings (SSSR count). The van der Waals surface area contributed by atoms with Gasteiger partial charge in [0.2, 0.25) is 0 Å². The largest absolute Gasteiger partial charge is 0.329 e. The maximum atomic E-state index is 13.8. The molecule has 1 saturated heterocycles. The van der Waals surface area contributed by atoms with Crippen molar-refractivity contribution in [2.75, 3.05) is 13.1 Å². The molecule has 0 aromatic heterocycles. The Hall–Kier alpha value is -0.930. The van der Waals surface area contributed by atoms with Gasteiger partial charge in [0.1, 0.15) is 5.82 Å². The van der Waals surface area contributed by atoms with Crippen LogP contribution in [0.25, 0.3) is 0 Å². The second kappa shape index (κ2) is 7.19. The van der Waals surface area contributed by atoms with E-state index in [-0.39, 0.29) is 5.82 Å². The van der Waals surface area contributed by atoms with Gasteiger partial charge in [-0.2, -0.15) is 0 Å². The molecule has 0 radical (unpaired) electrons. The van der Waals surface area contributed by atoms with Crippen molar-refractivity contribution in [3.63, 3.8) is 0 Å². The summed E-state index contributed by atoms with van der Waals surface area (Å²) in [5, 5.41) is 0. The van der Waals surface area contributed by atoms with E-state index in [1.165, 1.54) is 19.3 Å². The number of benzene rings is 1. The Balaban J connectivity index is 2.01. The minimum atomic E-state index is -0.0907. The van der Waals surface area contributed by atoms with Crippen LogP contribution in [0.15, 0.2) is 24.3 Å². The fourth-order valence-corrected chi connectivity index (χ4v) is 3.43. The molecule has 1 aromatic rings. The highest BCUT2D eigenvalue weighted by atomic mass is 19.1. The van der Waals surface area contributed by atoms with Gasteiger partial charge in [-0.1, -0.05) is 31.5 Å². The van der Waals surface area contributed by atoms with Crippen molar-refractivity contribution in [2.45, 2.75) is 51.6 Å². The Kier molecular flexibility index (Phi) is 5.55. The van der Waals surface area contributed by atoms with Crippen molar-refractivity contribution in [1.29, 1.82) is 0 Å². The quantitative estimate of drug-likeness (QED) is 0.896. The zero-order valence-electron chi connectivity index (χ0n) is 12.7. The van der Waals surface area contributed by atoms with Crippen LogP contribution in [0.3, 0.4) is 0 Å². The Bertz CT molecular complexity index is 421. The normalized spacial score (nSPS) is 25.6. The fourth-order valence-electron chi connectivity index (χ4n) is 3.43. The summed E-state index contributed by atoms with van der Waals surface area (Å²) < 4.78 is 13.8. The first-order chi connectivity index (χ1) is 9.65. The lowest BCUT2D eigenvalue weighted by Gasteiger charge is -2.42. The Labute approximate surface area is 122 Å². The topological polar surface area (TPSA) is 29.3 Å². The van der Waals surface area contributed by atoms with Gasteiger partial charge in [-0.05, 0) is 50.3 Å². The van der Waals surface area contributed by atoms with Crippen molar-refractivity contribution in [3.05, 3.63) is 35.6 Å². The summed E-state index contributed by atoms with van der Waals surface area (Å²) in [6, 6.07) is 7.90. The molecule has 2 N–H and O–H groups in total. The van der Waals surface area contributed by atoms with Gasteiger partial charge in [-0.15, -0.1) is 0 Å². The van der Waals surface area contributed by atoms with E-state index in [0.29, 0.717) is 18.6 Å². The van der Waals surface area contributed by atoms with Crippen molar-refractivity contribution < 1.29 is 4.39 Å². The van der Waals surface area contributed by atoms with Gasteiger partial charge in [0.25, 0.3) is 0 Å². The monoisotopic (exact) mass is 278 g/mol. The highest BCUT2D eigenvalue weighted by Crippen LogP contribution is 2.27. The van der Waals surface area contributed by atoms with Crippen LogP contribution in [0, 0.1) is 11.7 Å². The average Bonchev–Trinajstić information content (AvgIpc) is 2.48. The summed E-state index contributed by atoms with van der Waals surface area (Å²) in [6.45, 7) is 6.26. The zero-order chi connectivity index (χ0) is 14.5. The highest BCUT2D eigenvalue weighted by molar-refractivity contribution is 5.18. The summed E-state index contributed by atoms with van der Waals surface area (Å²) in [5.74, 6) is 0.715. The molecule has 112 valence electrons. The number of likely N-dealkylation sites (tertiary alicyclic amines) is 1. The summed E-state index contributed by atoms with van der Waals surface area (Å²) in [5.41, 5.74) is 6.77. The van der Waals surface area contributed by atoms with Crippen LogP contribution in [0.2, 0.25) is 0 Å². The van der Waals surface area contributed by atoms with E-state index in [1.807, 2.05) is 12.1 Å². The van der Waals surface area contributed by atoms with Crippen molar-refractivity contribution in [3.8, 4) is 0 Å². The van der Waals surface area contributed by atoms with Crippen LogP contribution in [0.5, 0.6) is 0 Å². The third-order valence-corrected chi connectivity index (χ3v) is 4.76. The SMILES string of the molecule is CCC1CCN(C(C)Cc2ccccc2F)C(CN)C1. The van der Waals surface area contributed by atoms with E-state index in [9.17, 15) is 4.39 Å². The first-order valence-electron chi connectivity index (χ1n) is 7.84. The zero-order valence-corrected chi connectivity index (χ0v) is 12.7. The smallest absolute Gasteiger partial charge is 0.126 e. The molecule has 0 spiro atoms. The van der Waals surface area contributed by atoms with E-state index in [0.717, 1.165) is 24.4 Å². The van der Waals surface area contributed by atoms with Gasteiger partial charge < -0.3 is 5.73 Å². The van der Waals surface area contributed by atoms with Crippen LogP contribution >= 0.6 is 0 Å². The number of halogens is 1. The molecule has 0 saturated carbocycles. The molecule has 3 heteroatoms. The predicted molar refractivity (Wildman–Crippen MR) is 82.1 cm³/mol. The molecule has 1 aromatic carbocycles. The van der Waals surface area contributed by atoms with E-state index >= 15 is 0 Å². The number of piperidine rings is 1. The number of hydrogen-bond donors (Lipinski definition) is 1.